The summed E-state index contributed by atoms with van der Waals surface area (Å²) >= 11 is 0. The van der Waals surface area contributed by atoms with Crippen LogP contribution in [0.15, 0.2) is 17.3 Å². The number of hydrogen-bond donors (Lipinski definition) is 3. The van der Waals surface area contributed by atoms with Gasteiger partial charge in [-0.2, -0.15) is 13.2 Å². The van der Waals surface area contributed by atoms with E-state index in [2.05, 4.69) is 42.7 Å². The lowest BCUT2D eigenvalue weighted by Gasteiger charge is -2.33. The first-order valence-electron chi connectivity index (χ1n) is 9.73. The number of guanidine groups is 1. The van der Waals surface area contributed by atoms with Gasteiger partial charge >= 0.3 is 6.18 Å². The molecule has 0 spiro atoms. The molecule has 166 valence electrons. The molecule has 1 fully saturated rings. The largest absolute Gasteiger partial charge is 0.433 e. The summed E-state index contributed by atoms with van der Waals surface area (Å²) in [4.78, 5) is 13.9. The van der Waals surface area contributed by atoms with Gasteiger partial charge in [0.05, 0.1) is 0 Å². The Labute approximate surface area is 187 Å². The second-order valence-electron chi connectivity index (χ2n) is 6.85. The highest BCUT2D eigenvalue weighted by atomic mass is 127. The average Bonchev–Trinajstić information content (AvgIpc) is 2.67. The fourth-order valence-electron chi connectivity index (χ4n) is 3.16. The van der Waals surface area contributed by atoms with E-state index in [1.165, 1.54) is 25.8 Å². The van der Waals surface area contributed by atoms with Crippen molar-refractivity contribution >= 4 is 35.9 Å². The van der Waals surface area contributed by atoms with Crippen LogP contribution in [-0.4, -0.2) is 66.6 Å². The predicted octanol–water partition coefficient (Wildman–Crippen LogP) is 2.95. The van der Waals surface area contributed by atoms with Gasteiger partial charge in [-0.05, 0) is 38.8 Å². The van der Waals surface area contributed by atoms with Gasteiger partial charge in [0, 0.05) is 45.5 Å². The van der Waals surface area contributed by atoms with Crippen LogP contribution in [-0.2, 0) is 6.18 Å². The smallest absolute Gasteiger partial charge is 0.356 e. The second-order valence-corrected chi connectivity index (χ2v) is 6.85. The number of hydrogen-bond acceptors (Lipinski definition) is 5. The number of halogens is 4. The van der Waals surface area contributed by atoms with E-state index in [4.69, 9.17) is 0 Å². The molecule has 1 aromatic rings. The van der Waals surface area contributed by atoms with E-state index in [-0.39, 0.29) is 29.9 Å². The first kappa shape index (κ1) is 25.7. The second kappa shape index (κ2) is 13.0. The van der Waals surface area contributed by atoms with Gasteiger partial charge in [0.25, 0.3) is 0 Å². The molecule has 29 heavy (non-hydrogen) atoms. The number of likely N-dealkylation sites (tertiary alicyclic amines) is 1. The highest BCUT2D eigenvalue weighted by molar-refractivity contribution is 14.0. The average molecular weight is 529 g/mol. The molecule has 0 amide bonds. The molecule has 2 heterocycles. The molecule has 1 unspecified atom stereocenters. The topological polar surface area (TPSA) is 77.5 Å². The Kier molecular flexibility index (Phi) is 11.5. The molecule has 1 saturated heterocycles. The molecular formula is C18H31F3IN7. The van der Waals surface area contributed by atoms with Crippen LogP contribution in [0.4, 0.5) is 19.1 Å². The van der Waals surface area contributed by atoms with Gasteiger partial charge in [-0.15, -0.1) is 24.0 Å². The van der Waals surface area contributed by atoms with Crippen LogP contribution in [0, 0.1) is 0 Å². The summed E-state index contributed by atoms with van der Waals surface area (Å²) in [7, 11) is 1.69. The number of rotatable bonds is 8. The van der Waals surface area contributed by atoms with E-state index in [9.17, 15) is 13.2 Å². The van der Waals surface area contributed by atoms with Crippen LogP contribution in [0.2, 0.25) is 0 Å². The van der Waals surface area contributed by atoms with Crippen LogP contribution in [0.25, 0.3) is 0 Å². The minimum atomic E-state index is -4.48. The fourth-order valence-corrected chi connectivity index (χ4v) is 3.16. The molecule has 0 bridgehead atoms. The summed E-state index contributed by atoms with van der Waals surface area (Å²) < 4.78 is 37.9. The van der Waals surface area contributed by atoms with Crippen molar-refractivity contribution < 1.29 is 13.2 Å². The van der Waals surface area contributed by atoms with E-state index < -0.39 is 11.9 Å². The lowest BCUT2D eigenvalue weighted by molar-refractivity contribution is -0.141. The molecular weight excluding hydrogens is 498 g/mol. The molecule has 1 aliphatic rings. The quantitative estimate of drug-likeness (QED) is 0.208. The van der Waals surface area contributed by atoms with Gasteiger partial charge in [0.1, 0.15) is 5.69 Å². The normalized spacial score (nSPS) is 18.1. The Morgan fingerprint density at radius 1 is 1.24 bits per heavy atom. The number of nitrogens with zero attached hydrogens (tertiary/aromatic N) is 4. The monoisotopic (exact) mass is 529 g/mol. The van der Waals surface area contributed by atoms with Crippen molar-refractivity contribution in [3.05, 3.63) is 18.0 Å². The van der Waals surface area contributed by atoms with Crippen LogP contribution in [0.5, 0.6) is 0 Å². The van der Waals surface area contributed by atoms with Crippen molar-refractivity contribution in [3.8, 4) is 0 Å². The SMILES string of the molecule is CN=C(NCCCN1CCCCC1C)NCCNc1nccc(C(F)(F)F)n1.I. The maximum atomic E-state index is 12.6. The van der Waals surface area contributed by atoms with Crippen LogP contribution in [0.3, 0.4) is 0 Å². The molecule has 1 aromatic heterocycles. The van der Waals surface area contributed by atoms with E-state index in [1.807, 2.05) is 0 Å². The zero-order valence-electron chi connectivity index (χ0n) is 16.9. The Hall–Kier alpha value is -1.37. The number of aliphatic imine (C=N–C) groups is 1. The van der Waals surface area contributed by atoms with E-state index >= 15 is 0 Å². The summed E-state index contributed by atoms with van der Waals surface area (Å²) in [6.07, 6.45) is 1.53. The molecule has 3 N–H and O–H groups in total. The zero-order valence-corrected chi connectivity index (χ0v) is 19.3. The zero-order chi connectivity index (χ0) is 20.4. The molecule has 7 nitrogen and oxygen atoms in total. The van der Waals surface area contributed by atoms with Crippen LogP contribution in [0.1, 0.15) is 38.3 Å². The van der Waals surface area contributed by atoms with Crippen LogP contribution >= 0.6 is 24.0 Å². The van der Waals surface area contributed by atoms with E-state index in [0.29, 0.717) is 25.1 Å². The molecule has 0 saturated carbocycles. The fraction of sp³-hybridized carbons (Fsp3) is 0.722. The van der Waals surface area contributed by atoms with E-state index in [0.717, 1.165) is 31.8 Å². The first-order chi connectivity index (χ1) is 13.4. The van der Waals surface area contributed by atoms with Crippen molar-refractivity contribution in [1.29, 1.82) is 0 Å². The number of nitrogens with one attached hydrogen (secondary N) is 3. The van der Waals surface area contributed by atoms with Gasteiger partial charge in [-0.3, -0.25) is 4.99 Å². The number of alkyl halides is 3. The summed E-state index contributed by atoms with van der Waals surface area (Å²) in [5, 5.41) is 9.15. The highest BCUT2D eigenvalue weighted by Crippen LogP contribution is 2.27. The van der Waals surface area contributed by atoms with Gasteiger partial charge in [-0.25, -0.2) is 9.97 Å². The molecule has 2 rings (SSSR count). The van der Waals surface area contributed by atoms with Gasteiger partial charge in [-0.1, -0.05) is 6.42 Å². The third-order valence-electron chi connectivity index (χ3n) is 4.73. The summed E-state index contributed by atoms with van der Waals surface area (Å²) in [6, 6.07) is 1.51. The van der Waals surface area contributed by atoms with Crippen molar-refractivity contribution in [2.45, 2.75) is 44.8 Å². The predicted molar refractivity (Wildman–Crippen MR) is 120 cm³/mol. The van der Waals surface area contributed by atoms with Gasteiger partial charge in [0.2, 0.25) is 5.95 Å². The van der Waals surface area contributed by atoms with Crippen molar-refractivity contribution in [1.82, 2.24) is 25.5 Å². The van der Waals surface area contributed by atoms with Crippen molar-refractivity contribution in [2.75, 3.05) is 45.1 Å². The van der Waals surface area contributed by atoms with Crippen molar-refractivity contribution in [3.63, 3.8) is 0 Å². The van der Waals surface area contributed by atoms with Gasteiger partial charge < -0.3 is 20.9 Å². The Balaban J connectivity index is 0.00000420. The lowest BCUT2D eigenvalue weighted by atomic mass is 10.0. The molecule has 0 radical (unpaired) electrons. The Morgan fingerprint density at radius 2 is 2.00 bits per heavy atom. The molecule has 11 heteroatoms. The lowest BCUT2D eigenvalue weighted by Crippen LogP contribution is -2.42. The summed E-state index contributed by atoms with van der Waals surface area (Å²) in [5.74, 6) is 0.619. The molecule has 1 aliphatic heterocycles. The molecule has 0 aromatic carbocycles. The maximum absolute atomic E-state index is 12.6. The van der Waals surface area contributed by atoms with E-state index in [1.54, 1.807) is 7.05 Å². The van der Waals surface area contributed by atoms with Crippen LogP contribution < -0.4 is 16.0 Å². The molecule has 0 aliphatic carbocycles. The maximum Gasteiger partial charge on any atom is 0.433 e. The van der Waals surface area contributed by atoms with Gasteiger partial charge in [0.15, 0.2) is 5.96 Å². The minimum absolute atomic E-state index is 0. The highest BCUT2D eigenvalue weighted by Gasteiger charge is 2.32. The molecule has 1 atom stereocenters. The number of anilines is 1. The third kappa shape index (κ3) is 9.32. The summed E-state index contributed by atoms with van der Waals surface area (Å²) in [5.41, 5.74) is -0.960. The number of aromatic nitrogens is 2. The van der Waals surface area contributed by atoms with Crippen molar-refractivity contribution in [2.24, 2.45) is 4.99 Å². The Morgan fingerprint density at radius 3 is 2.69 bits per heavy atom. The summed E-state index contributed by atoms with van der Waals surface area (Å²) in [6.45, 7) is 6.19. The standard InChI is InChI=1S/C18H30F3N7.HI/c1-14-6-3-4-12-28(14)13-5-8-23-16(22-2)25-10-11-26-17-24-9-7-15(27-17)18(19,20)21;/h7,9,14H,3-6,8,10-13H2,1-2H3,(H2,22,23,25)(H,24,26,27);1H. The first-order valence-corrected chi connectivity index (χ1v) is 9.73. The Bertz CT molecular complexity index is 628. The minimum Gasteiger partial charge on any atom is -0.356 e. The third-order valence-corrected chi connectivity index (χ3v) is 4.73. The number of piperidine rings is 1.